The largest absolute Gasteiger partial charge is 0.350 e. The Kier molecular flexibility index (Phi) is 5.10. The van der Waals surface area contributed by atoms with Gasteiger partial charge in [0.1, 0.15) is 4.21 Å². The predicted octanol–water partition coefficient (Wildman–Crippen LogP) is 0.955. The summed E-state index contributed by atoms with van der Waals surface area (Å²) < 4.78 is 70.5. The van der Waals surface area contributed by atoms with Crippen LogP contribution in [0.2, 0.25) is 0 Å². The number of hydrogen-bond acceptors (Lipinski definition) is 4. The first kappa shape index (κ1) is 16.9. The summed E-state index contributed by atoms with van der Waals surface area (Å²) in [5.41, 5.74) is 0. The van der Waals surface area contributed by atoms with Gasteiger partial charge in [-0.3, -0.25) is 4.79 Å². The van der Waals surface area contributed by atoms with Gasteiger partial charge in [0.2, 0.25) is 15.9 Å². The standard InChI is InChI=1S/C9H10F4N2O3S2/c10-8(11)9(12,13)4-15-6(16)3-5-1-2-7(19-5)20(14,17)18/h1-2,8H,3-4H2,(H,15,16)(H2,14,17,18). The lowest BCUT2D eigenvalue weighted by molar-refractivity contribution is -0.136. The van der Waals surface area contributed by atoms with Crippen LogP contribution >= 0.6 is 11.3 Å². The zero-order valence-corrected chi connectivity index (χ0v) is 11.4. The molecule has 3 N–H and O–H groups in total. The summed E-state index contributed by atoms with van der Waals surface area (Å²) in [6.45, 7) is -1.49. The number of alkyl halides is 4. The Hall–Kier alpha value is -1.20. The maximum atomic E-state index is 12.5. The highest BCUT2D eigenvalue weighted by molar-refractivity contribution is 7.91. The summed E-state index contributed by atoms with van der Waals surface area (Å²) >= 11 is 0.698. The third-order valence-electron chi connectivity index (χ3n) is 2.09. The summed E-state index contributed by atoms with van der Waals surface area (Å²) in [4.78, 5) is 11.5. The monoisotopic (exact) mass is 334 g/mol. The summed E-state index contributed by atoms with van der Waals surface area (Å²) in [6, 6.07) is 2.45. The molecule has 0 unspecified atom stereocenters. The first-order valence-corrected chi connectivity index (χ1v) is 7.43. The molecular weight excluding hydrogens is 324 g/mol. The molecule has 0 aliphatic carbocycles. The molecule has 1 heterocycles. The van der Waals surface area contributed by atoms with Crippen molar-refractivity contribution in [3.8, 4) is 0 Å². The van der Waals surface area contributed by atoms with Crippen molar-refractivity contribution in [2.24, 2.45) is 5.14 Å². The number of halogens is 4. The minimum Gasteiger partial charge on any atom is -0.350 e. The topological polar surface area (TPSA) is 89.3 Å². The van der Waals surface area contributed by atoms with Crippen molar-refractivity contribution in [1.82, 2.24) is 5.32 Å². The summed E-state index contributed by atoms with van der Waals surface area (Å²) in [5, 5.41) is 6.51. The van der Waals surface area contributed by atoms with Gasteiger partial charge in [-0.1, -0.05) is 0 Å². The Morgan fingerprint density at radius 2 is 2.00 bits per heavy atom. The lowest BCUT2D eigenvalue weighted by Crippen LogP contribution is -2.41. The maximum absolute atomic E-state index is 12.5. The van der Waals surface area contributed by atoms with Gasteiger partial charge in [0.25, 0.3) is 0 Å². The lowest BCUT2D eigenvalue weighted by Gasteiger charge is -2.15. The highest BCUT2D eigenvalue weighted by atomic mass is 32.2. The first-order valence-electron chi connectivity index (χ1n) is 5.06. The maximum Gasteiger partial charge on any atom is 0.324 e. The number of carbonyl (C=O) groups is 1. The zero-order valence-electron chi connectivity index (χ0n) is 9.78. The number of hydrogen-bond donors (Lipinski definition) is 2. The third-order valence-corrected chi connectivity index (χ3v) is 4.62. The van der Waals surface area contributed by atoms with Gasteiger partial charge in [-0.2, -0.15) is 8.78 Å². The third kappa shape index (κ3) is 4.72. The first-order chi connectivity index (χ1) is 9.02. The molecular formula is C9H10F4N2O3S2. The van der Waals surface area contributed by atoms with Crippen molar-refractivity contribution in [3.63, 3.8) is 0 Å². The second kappa shape index (κ2) is 6.06. The highest BCUT2D eigenvalue weighted by Gasteiger charge is 2.40. The fraction of sp³-hybridized carbons (Fsp3) is 0.444. The Bertz CT molecular complexity index is 586. The molecule has 0 aliphatic heterocycles. The van der Waals surface area contributed by atoms with Crippen LogP contribution in [-0.4, -0.2) is 33.2 Å². The zero-order chi connectivity index (χ0) is 15.6. The Morgan fingerprint density at radius 3 is 2.45 bits per heavy atom. The van der Waals surface area contributed by atoms with E-state index in [0.29, 0.717) is 11.3 Å². The summed E-state index contributed by atoms with van der Waals surface area (Å²) in [6.07, 6.45) is -4.28. The van der Waals surface area contributed by atoms with Gasteiger partial charge < -0.3 is 5.32 Å². The average molecular weight is 334 g/mol. The van der Waals surface area contributed by atoms with Crippen molar-refractivity contribution >= 4 is 27.3 Å². The van der Waals surface area contributed by atoms with Crippen molar-refractivity contribution in [2.75, 3.05) is 6.54 Å². The van der Waals surface area contributed by atoms with Crippen molar-refractivity contribution in [3.05, 3.63) is 17.0 Å². The summed E-state index contributed by atoms with van der Waals surface area (Å²) in [5.74, 6) is -5.23. The van der Waals surface area contributed by atoms with Crippen LogP contribution in [0.1, 0.15) is 4.88 Å². The van der Waals surface area contributed by atoms with Crippen LogP contribution in [0.5, 0.6) is 0 Å². The van der Waals surface area contributed by atoms with Crippen LogP contribution in [0.4, 0.5) is 17.6 Å². The molecule has 0 saturated carbocycles. The number of amides is 1. The van der Waals surface area contributed by atoms with Crippen molar-refractivity contribution < 1.29 is 30.8 Å². The van der Waals surface area contributed by atoms with E-state index < -0.39 is 41.2 Å². The van der Waals surface area contributed by atoms with Crippen LogP contribution in [-0.2, 0) is 21.2 Å². The molecule has 0 bridgehead atoms. The minimum atomic E-state index is -4.31. The predicted molar refractivity (Wildman–Crippen MR) is 63.4 cm³/mol. The van der Waals surface area contributed by atoms with E-state index in [1.54, 1.807) is 5.32 Å². The van der Waals surface area contributed by atoms with Crippen LogP contribution in [0.3, 0.4) is 0 Å². The van der Waals surface area contributed by atoms with Crippen LogP contribution in [0, 0.1) is 0 Å². The fourth-order valence-electron chi connectivity index (χ4n) is 1.12. The van der Waals surface area contributed by atoms with E-state index in [1.807, 2.05) is 0 Å². The molecule has 1 amide bonds. The molecule has 0 aromatic carbocycles. The number of nitrogens with two attached hydrogens (primary N) is 1. The van der Waals surface area contributed by atoms with Crippen LogP contribution in [0.25, 0.3) is 0 Å². The molecule has 20 heavy (non-hydrogen) atoms. The fourth-order valence-corrected chi connectivity index (χ4v) is 2.90. The Balaban J connectivity index is 2.58. The van der Waals surface area contributed by atoms with Gasteiger partial charge in [0.15, 0.2) is 0 Å². The lowest BCUT2D eigenvalue weighted by atomic mass is 10.3. The highest BCUT2D eigenvalue weighted by Crippen LogP contribution is 2.22. The number of sulfonamides is 1. The van der Waals surface area contributed by atoms with Gasteiger partial charge in [-0.25, -0.2) is 22.3 Å². The molecule has 0 spiro atoms. The summed E-state index contributed by atoms with van der Waals surface area (Å²) in [7, 11) is -3.90. The van der Waals surface area contributed by atoms with Gasteiger partial charge in [0, 0.05) is 4.88 Å². The Morgan fingerprint density at radius 1 is 1.40 bits per heavy atom. The molecule has 0 radical (unpaired) electrons. The van der Waals surface area contributed by atoms with Gasteiger partial charge in [-0.15, -0.1) is 11.3 Å². The second-order valence-corrected chi connectivity index (χ2v) is 6.74. The van der Waals surface area contributed by atoms with Gasteiger partial charge in [-0.05, 0) is 12.1 Å². The van der Waals surface area contributed by atoms with E-state index in [-0.39, 0.29) is 9.09 Å². The van der Waals surface area contributed by atoms with Crippen LogP contribution < -0.4 is 10.5 Å². The number of nitrogens with one attached hydrogen (secondary N) is 1. The van der Waals surface area contributed by atoms with E-state index >= 15 is 0 Å². The Labute approximate surface area is 115 Å². The molecule has 0 saturated heterocycles. The number of primary sulfonamides is 1. The molecule has 5 nitrogen and oxygen atoms in total. The number of rotatable bonds is 6. The molecule has 1 aromatic rings. The van der Waals surface area contributed by atoms with E-state index in [1.165, 1.54) is 6.07 Å². The molecule has 0 fully saturated rings. The quantitative estimate of drug-likeness (QED) is 0.759. The molecule has 0 aliphatic rings. The second-order valence-electron chi connectivity index (χ2n) is 3.78. The molecule has 114 valence electrons. The van der Waals surface area contributed by atoms with Crippen LogP contribution in [0.15, 0.2) is 16.3 Å². The number of carbonyl (C=O) groups excluding carboxylic acids is 1. The van der Waals surface area contributed by atoms with E-state index in [4.69, 9.17) is 5.14 Å². The molecule has 1 rings (SSSR count). The van der Waals surface area contributed by atoms with E-state index in [0.717, 1.165) is 6.07 Å². The van der Waals surface area contributed by atoms with Crippen molar-refractivity contribution in [1.29, 1.82) is 0 Å². The molecule has 0 atom stereocenters. The smallest absolute Gasteiger partial charge is 0.324 e. The normalized spacial score (nSPS) is 12.7. The average Bonchev–Trinajstić information content (AvgIpc) is 2.74. The van der Waals surface area contributed by atoms with Crippen molar-refractivity contribution in [2.45, 2.75) is 23.0 Å². The molecule has 1 aromatic heterocycles. The SMILES string of the molecule is NS(=O)(=O)c1ccc(CC(=O)NCC(F)(F)C(F)F)s1. The minimum absolute atomic E-state index is 0.182. The van der Waals surface area contributed by atoms with Gasteiger partial charge >= 0.3 is 12.3 Å². The molecule has 11 heteroatoms. The van der Waals surface area contributed by atoms with E-state index in [9.17, 15) is 30.8 Å². The van der Waals surface area contributed by atoms with Gasteiger partial charge in [0.05, 0.1) is 13.0 Å². The number of thiophene rings is 1. The van der Waals surface area contributed by atoms with E-state index in [2.05, 4.69) is 0 Å².